The van der Waals surface area contributed by atoms with Crippen LogP contribution in [0, 0.1) is 5.92 Å². The Morgan fingerprint density at radius 1 is 1.19 bits per heavy atom. The zero-order valence-corrected chi connectivity index (χ0v) is 15.8. The molecule has 3 amide bonds. The van der Waals surface area contributed by atoms with E-state index in [4.69, 9.17) is 4.74 Å². The largest absolute Gasteiger partial charge is 0.466 e. The highest BCUT2D eigenvalue weighted by Gasteiger charge is 2.42. The van der Waals surface area contributed by atoms with E-state index in [-0.39, 0.29) is 29.6 Å². The van der Waals surface area contributed by atoms with Crippen LogP contribution < -0.4 is 5.32 Å². The van der Waals surface area contributed by atoms with Gasteiger partial charge in [0.1, 0.15) is 12.1 Å². The molecule has 0 spiro atoms. The van der Waals surface area contributed by atoms with Crippen molar-refractivity contribution < 1.29 is 23.9 Å². The number of nitrogens with one attached hydrogen (secondary N) is 1. The number of amides is 3. The third-order valence-corrected chi connectivity index (χ3v) is 6.18. The molecule has 9 heteroatoms. The van der Waals surface area contributed by atoms with Gasteiger partial charge in [-0.2, -0.15) is 0 Å². The van der Waals surface area contributed by atoms with Gasteiger partial charge in [-0.25, -0.2) is 0 Å². The molecule has 3 rings (SSSR count). The highest BCUT2D eigenvalue weighted by molar-refractivity contribution is 7.99. The lowest BCUT2D eigenvalue weighted by Gasteiger charge is -2.35. The van der Waals surface area contributed by atoms with Crippen LogP contribution in [0.15, 0.2) is 0 Å². The van der Waals surface area contributed by atoms with Gasteiger partial charge in [-0.05, 0) is 26.2 Å². The molecule has 2 atom stereocenters. The maximum Gasteiger partial charge on any atom is 0.309 e. The first-order valence-corrected chi connectivity index (χ1v) is 10.3. The van der Waals surface area contributed by atoms with E-state index in [1.54, 1.807) is 28.5 Å². The lowest BCUT2D eigenvalue weighted by atomic mass is 9.96. The fourth-order valence-corrected chi connectivity index (χ4v) is 4.83. The van der Waals surface area contributed by atoms with Gasteiger partial charge in [-0.3, -0.25) is 19.2 Å². The number of esters is 1. The highest BCUT2D eigenvalue weighted by atomic mass is 32.2. The third-order valence-electron chi connectivity index (χ3n) is 5.17. The molecule has 26 heavy (non-hydrogen) atoms. The van der Waals surface area contributed by atoms with Crippen LogP contribution in [-0.2, 0) is 23.9 Å². The Kier molecular flexibility index (Phi) is 6.05. The fourth-order valence-electron chi connectivity index (χ4n) is 3.67. The minimum atomic E-state index is -0.508. The Labute approximate surface area is 157 Å². The standard InChI is InChI=1S/C17H25N3O5S/c1-2-25-17(24)11-5-7-19(8-6-11)16(23)13-9-26-10-20(13)15(22)12-3-4-14(21)18-12/h11-13H,2-10H2,1H3,(H,18,21). The van der Waals surface area contributed by atoms with Gasteiger partial charge in [0.25, 0.3) is 0 Å². The van der Waals surface area contributed by atoms with Crippen molar-refractivity contribution >= 4 is 35.5 Å². The molecule has 8 nitrogen and oxygen atoms in total. The Balaban J connectivity index is 1.56. The predicted octanol–water partition coefficient (Wildman–Crippen LogP) is -0.0318. The smallest absolute Gasteiger partial charge is 0.309 e. The molecule has 3 aliphatic rings. The first-order chi connectivity index (χ1) is 12.5. The maximum absolute atomic E-state index is 12.9. The molecule has 3 fully saturated rings. The molecule has 144 valence electrons. The zero-order chi connectivity index (χ0) is 18.7. The minimum absolute atomic E-state index is 0.0602. The number of ether oxygens (including phenoxy) is 1. The first-order valence-electron chi connectivity index (χ1n) is 9.14. The van der Waals surface area contributed by atoms with Gasteiger partial charge in [0, 0.05) is 25.3 Å². The van der Waals surface area contributed by atoms with Gasteiger partial charge in [0.2, 0.25) is 17.7 Å². The van der Waals surface area contributed by atoms with E-state index in [0.717, 1.165) is 0 Å². The Morgan fingerprint density at radius 2 is 1.92 bits per heavy atom. The average molecular weight is 383 g/mol. The van der Waals surface area contributed by atoms with Crippen LogP contribution in [-0.4, -0.2) is 76.9 Å². The van der Waals surface area contributed by atoms with Crippen molar-refractivity contribution in [2.45, 2.75) is 44.7 Å². The van der Waals surface area contributed by atoms with Gasteiger partial charge in [-0.15, -0.1) is 11.8 Å². The number of rotatable bonds is 4. The lowest BCUT2D eigenvalue weighted by molar-refractivity contribution is -0.152. The molecule has 0 aromatic rings. The van der Waals surface area contributed by atoms with Gasteiger partial charge in [0.05, 0.1) is 18.4 Å². The van der Waals surface area contributed by atoms with Crippen LogP contribution in [0.3, 0.4) is 0 Å². The molecule has 0 bridgehead atoms. The Bertz CT molecular complexity index is 591. The summed E-state index contributed by atoms with van der Waals surface area (Å²) in [6.45, 7) is 3.16. The number of hydrogen-bond acceptors (Lipinski definition) is 6. The van der Waals surface area contributed by atoms with Gasteiger partial charge >= 0.3 is 5.97 Å². The quantitative estimate of drug-likeness (QED) is 0.685. The van der Waals surface area contributed by atoms with Crippen molar-refractivity contribution in [3.63, 3.8) is 0 Å². The van der Waals surface area contributed by atoms with Gasteiger partial charge < -0.3 is 19.9 Å². The zero-order valence-electron chi connectivity index (χ0n) is 14.9. The van der Waals surface area contributed by atoms with Crippen LogP contribution in [0.4, 0.5) is 0 Å². The highest BCUT2D eigenvalue weighted by Crippen LogP contribution is 2.27. The summed E-state index contributed by atoms with van der Waals surface area (Å²) in [7, 11) is 0. The molecule has 2 unspecified atom stereocenters. The number of carbonyl (C=O) groups excluding carboxylic acids is 4. The fraction of sp³-hybridized carbons (Fsp3) is 0.765. The van der Waals surface area contributed by atoms with Crippen LogP contribution >= 0.6 is 11.8 Å². The number of thioether (sulfide) groups is 1. The molecule has 3 heterocycles. The number of hydrogen-bond donors (Lipinski definition) is 1. The molecule has 0 saturated carbocycles. The second kappa shape index (κ2) is 8.28. The summed E-state index contributed by atoms with van der Waals surface area (Å²) in [6.07, 6.45) is 2.04. The summed E-state index contributed by atoms with van der Waals surface area (Å²) in [6, 6.07) is -0.991. The normalized spacial score (nSPS) is 26.7. The summed E-state index contributed by atoms with van der Waals surface area (Å²) in [4.78, 5) is 52.1. The number of piperidine rings is 1. The minimum Gasteiger partial charge on any atom is -0.466 e. The van der Waals surface area contributed by atoms with Crippen molar-refractivity contribution in [1.82, 2.24) is 15.1 Å². The SMILES string of the molecule is CCOC(=O)C1CCN(C(=O)C2CSCN2C(=O)C2CCC(=O)N2)CC1. The Hall–Kier alpha value is -1.77. The van der Waals surface area contributed by atoms with Crippen molar-refractivity contribution in [2.75, 3.05) is 31.3 Å². The van der Waals surface area contributed by atoms with E-state index in [1.165, 1.54) is 0 Å². The summed E-state index contributed by atoms with van der Waals surface area (Å²) in [5.74, 6) is 0.368. The number of carbonyl (C=O) groups is 4. The molecular formula is C17H25N3O5S. The summed E-state index contributed by atoms with van der Waals surface area (Å²) in [5.41, 5.74) is 0. The van der Waals surface area contributed by atoms with Crippen molar-refractivity contribution in [1.29, 1.82) is 0 Å². The average Bonchev–Trinajstić information content (AvgIpc) is 3.30. The second-order valence-electron chi connectivity index (χ2n) is 6.83. The molecule has 3 saturated heterocycles. The van der Waals surface area contributed by atoms with Crippen LogP contribution in [0.1, 0.15) is 32.6 Å². The third kappa shape index (κ3) is 3.97. The Morgan fingerprint density at radius 3 is 2.54 bits per heavy atom. The molecule has 0 radical (unpaired) electrons. The van der Waals surface area contributed by atoms with Gasteiger partial charge in [-0.1, -0.05) is 0 Å². The van der Waals surface area contributed by atoms with E-state index in [2.05, 4.69) is 5.32 Å². The molecular weight excluding hydrogens is 358 g/mol. The maximum atomic E-state index is 12.9. The van der Waals surface area contributed by atoms with Gasteiger partial charge in [0.15, 0.2) is 0 Å². The van der Waals surface area contributed by atoms with Crippen LogP contribution in [0.25, 0.3) is 0 Å². The topological polar surface area (TPSA) is 96.0 Å². The van der Waals surface area contributed by atoms with Crippen molar-refractivity contribution in [3.05, 3.63) is 0 Å². The van der Waals surface area contributed by atoms with Crippen molar-refractivity contribution in [2.24, 2.45) is 5.92 Å². The summed E-state index contributed by atoms with van der Waals surface area (Å²) in [5, 5.41) is 2.68. The van der Waals surface area contributed by atoms with Crippen LogP contribution in [0.5, 0.6) is 0 Å². The summed E-state index contributed by atoms with van der Waals surface area (Å²) < 4.78 is 5.06. The second-order valence-corrected chi connectivity index (χ2v) is 7.83. The van der Waals surface area contributed by atoms with Crippen molar-refractivity contribution in [3.8, 4) is 0 Å². The van der Waals surface area contributed by atoms with E-state index in [1.807, 2.05) is 0 Å². The van der Waals surface area contributed by atoms with Crippen LogP contribution in [0.2, 0.25) is 0 Å². The lowest BCUT2D eigenvalue weighted by Crippen LogP contribution is -2.54. The molecule has 0 aliphatic carbocycles. The molecule has 0 aromatic carbocycles. The van der Waals surface area contributed by atoms with E-state index < -0.39 is 12.1 Å². The molecule has 3 aliphatic heterocycles. The molecule has 1 N–H and O–H groups in total. The van der Waals surface area contributed by atoms with E-state index >= 15 is 0 Å². The monoisotopic (exact) mass is 383 g/mol. The number of likely N-dealkylation sites (tertiary alicyclic amines) is 1. The molecule has 0 aromatic heterocycles. The predicted molar refractivity (Wildman–Crippen MR) is 95.1 cm³/mol. The van der Waals surface area contributed by atoms with E-state index in [9.17, 15) is 19.2 Å². The first kappa shape index (κ1) is 19.0. The number of nitrogens with zero attached hydrogens (tertiary/aromatic N) is 2. The van der Waals surface area contributed by atoms with E-state index in [0.29, 0.717) is 57.0 Å². The summed E-state index contributed by atoms with van der Waals surface area (Å²) >= 11 is 1.55.